The first-order chi connectivity index (χ1) is 12.5. The van der Waals surface area contributed by atoms with Gasteiger partial charge in [0, 0.05) is 11.1 Å². The number of aromatic carboxylic acids is 1. The molecule has 0 amide bonds. The lowest BCUT2D eigenvalue weighted by atomic mass is 9.95. The van der Waals surface area contributed by atoms with E-state index in [1.807, 2.05) is 0 Å². The molecule has 1 aromatic heterocycles. The maximum atomic E-state index is 12.5. The molecule has 26 heavy (non-hydrogen) atoms. The third-order valence-corrected chi connectivity index (χ3v) is 3.75. The average molecular weight is 348 g/mol. The normalized spacial score (nSPS) is 10.5. The van der Waals surface area contributed by atoms with E-state index in [1.165, 1.54) is 0 Å². The zero-order valence-electron chi connectivity index (χ0n) is 13.4. The first-order valence-electron chi connectivity index (χ1n) is 7.66. The molecular weight excluding hydrogens is 336 g/mol. The Hall–Kier alpha value is -3.74. The number of rotatable bonds is 5. The van der Waals surface area contributed by atoms with Crippen LogP contribution in [-0.2, 0) is 11.3 Å². The second-order valence-electron chi connectivity index (χ2n) is 5.45. The first-order valence-corrected chi connectivity index (χ1v) is 7.66. The molecule has 7 nitrogen and oxygen atoms in total. The maximum Gasteiger partial charge on any atom is 0.276 e. The lowest BCUT2D eigenvalue weighted by Crippen LogP contribution is -2.40. The highest BCUT2D eigenvalue weighted by Gasteiger charge is 2.20. The fourth-order valence-corrected chi connectivity index (χ4v) is 2.67. The minimum absolute atomic E-state index is 0.0800. The van der Waals surface area contributed by atoms with Gasteiger partial charge in [0.25, 0.3) is 5.56 Å². The van der Waals surface area contributed by atoms with Gasteiger partial charge in [-0.3, -0.25) is 4.79 Å². The summed E-state index contributed by atoms with van der Waals surface area (Å²) in [5, 5.41) is 26.7. The molecule has 0 N–H and O–H groups in total. The van der Waals surface area contributed by atoms with Crippen molar-refractivity contribution in [3.63, 3.8) is 0 Å². The molecule has 0 atom stereocenters. The fraction of sp³-hybridized carbons (Fsp3) is 0.0526. The molecule has 3 rings (SSSR count). The number of aromatic nitrogens is 2. The standard InChI is InChI=1S/C19H14N2O5/c22-14(23)11-21-18(24)16(19(25)26)15(12-7-3-1-4-8-12)17(20-21)13-9-5-2-6-10-13/h1-10H,11H2,(H,22,23)(H,25,26)/p-2. The Balaban J connectivity index is 2.43. The molecule has 0 bridgehead atoms. The summed E-state index contributed by atoms with van der Waals surface area (Å²) < 4.78 is 0.565. The Bertz CT molecular complexity index is 1030. The highest BCUT2D eigenvalue weighted by Crippen LogP contribution is 2.31. The molecular formula is C19H12N2O5-2. The van der Waals surface area contributed by atoms with Gasteiger partial charge in [-0.15, -0.1) is 0 Å². The largest absolute Gasteiger partial charge is 0.548 e. The Labute approximate surface area is 147 Å². The summed E-state index contributed by atoms with van der Waals surface area (Å²) in [6.07, 6.45) is 0. The molecule has 2 aromatic carbocycles. The summed E-state index contributed by atoms with van der Waals surface area (Å²) in [4.78, 5) is 35.2. The van der Waals surface area contributed by atoms with Crippen LogP contribution in [-0.4, -0.2) is 21.7 Å². The van der Waals surface area contributed by atoms with Gasteiger partial charge in [-0.1, -0.05) is 60.7 Å². The second-order valence-corrected chi connectivity index (χ2v) is 5.45. The van der Waals surface area contributed by atoms with Gasteiger partial charge in [0.15, 0.2) is 0 Å². The van der Waals surface area contributed by atoms with Crippen molar-refractivity contribution in [3.8, 4) is 22.4 Å². The van der Waals surface area contributed by atoms with Crippen molar-refractivity contribution in [3.05, 3.63) is 76.6 Å². The van der Waals surface area contributed by atoms with E-state index in [1.54, 1.807) is 60.7 Å². The predicted octanol–water partition coefficient (Wildman–Crippen LogP) is -0.309. The van der Waals surface area contributed by atoms with Crippen molar-refractivity contribution in [2.75, 3.05) is 0 Å². The predicted molar refractivity (Wildman–Crippen MR) is 88.7 cm³/mol. The second kappa shape index (κ2) is 7.02. The zero-order chi connectivity index (χ0) is 18.7. The van der Waals surface area contributed by atoms with Crippen molar-refractivity contribution in [2.24, 2.45) is 0 Å². The van der Waals surface area contributed by atoms with Crippen LogP contribution in [0.1, 0.15) is 10.4 Å². The smallest absolute Gasteiger partial charge is 0.276 e. The molecule has 0 radical (unpaired) electrons. The lowest BCUT2D eigenvalue weighted by Gasteiger charge is -2.18. The molecule has 130 valence electrons. The molecule has 0 aliphatic heterocycles. The minimum atomic E-state index is -1.71. The van der Waals surface area contributed by atoms with Crippen LogP contribution in [0.3, 0.4) is 0 Å². The molecule has 0 aliphatic rings. The van der Waals surface area contributed by atoms with Crippen LogP contribution in [0.2, 0.25) is 0 Å². The van der Waals surface area contributed by atoms with Crippen LogP contribution in [0.25, 0.3) is 22.4 Å². The Morgan fingerprint density at radius 1 is 0.885 bits per heavy atom. The number of benzene rings is 2. The van der Waals surface area contributed by atoms with Crippen molar-refractivity contribution >= 4 is 11.9 Å². The summed E-state index contributed by atoms with van der Waals surface area (Å²) in [7, 11) is 0. The summed E-state index contributed by atoms with van der Waals surface area (Å²) in [6.45, 7) is -0.867. The maximum absolute atomic E-state index is 12.5. The van der Waals surface area contributed by atoms with Crippen LogP contribution in [0, 0.1) is 0 Å². The summed E-state index contributed by atoms with van der Waals surface area (Å²) in [6, 6.07) is 17.0. The molecule has 1 heterocycles. The monoisotopic (exact) mass is 348 g/mol. The average Bonchev–Trinajstić information content (AvgIpc) is 2.63. The summed E-state index contributed by atoms with van der Waals surface area (Å²) in [5.41, 5.74) is -0.482. The van der Waals surface area contributed by atoms with Crippen molar-refractivity contribution in [1.29, 1.82) is 0 Å². The quantitative estimate of drug-likeness (QED) is 0.625. The van der Waals surface area contributed by atoms with E-state index in [-0.39, 0.29) is 11.3 Å². The van der Waals surface area contributed by atoms with Crippen LogP contribution in [0.15, 0.2) is 65.5 Å². The van der Waals surface area contributed by atoms with Crippen LogP contribution in [0.4, 0.5) is 0 Å². The number of carbonyl (C=O) groups is 2. The molecule has 0 spiro atoms. The van der Waals surface area contributed by atoms with Gasteiger partial charge < -0.3 is 19.8 Å². The summed E-state index contributed by atoms with van der Waals surface area (Å²) >= 11 is 0. The van der Waals surface area contributed by atoms with Crippen molar-refractivity contribution in [1.82, 2.24) is 9.78 Å². The highest BCUT2D eigenvalue weighted by atomic mass is 16.4. The van der Waals surface area contributed by atoms with Crippen molar-refractivity contribution in [2.45, 2.75) is 6.54 Å². The summed E-state index contributed by atoms with van der Waals surface area (Å²) in [5.74, 6) is -3.27. The number of hydrogen-bond donors (Lipinski definition) is 0. The van der Waals surface area contributed by atoms with E-state index < -0.39 is 29.6 Å². The van der Waals surface area contributed by atoms with Gasteiger partial charge in [-0.05, 0) is 5.56 Å². The molecule has 0 fully saturated rings. The molecule has 7 heteroatoms. The Morgan fingerprint density at radius 2 is 1.42 bits per heavy atom. The lowest BCUT2D eigenvalue weighted by molar-refractivity contribution is -0.306. The van der Waals surface area contributed by atoms with E-state index in [0.29, 0.717) is 15.8 Å². The molecule has 0 saturated carbocycles. The van der Waals surface area contributed by atoms with E-state index in [9.17, 15) is 24.6 Å². The van der Waals surface area contributed by atoms with Crippen LogP contribution in [0.5, 0.6) is 0 Å². The number of nitrogens with zero attached hydrogens (tertiary/aromatic N) is 2. The van der Waals surface area contributed by atoms with E-state index in [0.717, 1.165) is 0 Å². The van der Waals surface area contributed by atoms with E-state index in [4.69, 9.17) is 0 Å². The van der Waals surface area contributed by atoms with Gasteiger partial charge >= 0.3 is 0 Å². The SMILES string of the molecule is O=C([O-])Cn1nc(-c2ccccc2)c(-c2ccccc2)c(C(=O)[O-])c1=O. The number of carboxylic acid groups (broad SMARTS) is 2. The third-order valence-electron chi connectivity index (χ3n) is 3.75. The van der Waals surface area contributed by atoms with Crippen LogP contribution < -0.4 is 15.8 Å². The zero-order valence-corrected chi connectivity index (χ0v) is 13.4. The number of aliphatic carboxylic acids is 1. The van der Waals surface area contributed by atoms with Gasteiger partial charge in [0.05, 0.1) is 29.7 Å². The topological polar surface area (TPSA) is 115 Å². The molecule has 0 saturated heterocycles. The van der Waals surface area contributed by atoms with Gasteiger partial charge in [-0.25, -0.2) is 4.68 Å². The first kappa shape index (κ1) is 17.1. The Kier molecular flexibility index (Phi) is 4.62. The number of carboxylic acids is 2. The molecule has 0 aliphatic carbocycles. The van der Waals surface area contributed by atoms with Crippen molar-refractivity contribution < 1.29 is 19.8 Å². The molecule has 0 unspecified atom stereocenters. The van der Waals surface area contributed by atoms with Gasteiger partial charge in [-0.2, -0.15) is 5.10 Å². The Morgan fingerprint density at radius 3 is 1.92 bits per heavy atom. The third kappa shape index (κ3) is 3.23. The number of carbonyl (C=O) groups excluding carboxylic acids is 2. The van der Waals surface area contributed by atoms with Gasteiger partial charge in [0.2, 0.25) is 0 Å². The van der Waals surface area contributed by atoms with Crippen LogP contribution >= 0.6 is 0 Å². The van der Waals surface area contributed by atoms with E-state index >= 15 is 0 Å². The minimum Gasteiger partial charge on any atom is -0.548 e. The van der Waals surface area contributed by atoms with Gasteiger partial charge in [0.1, 0.15) is 0 Å². The highest BCUT2D eigenvalue weighted by molar-refractivity contribution is 5.98. The van der Waals surface area contributed by atoms with E-state index in [2.05, 4.69) is 5.10 Å². The fourth-order valence-electron chi connectivity index (χ4n) is 2.67. The number of hydrogen-bond acceptors (Lipinski definition) is 6. The molecule has 3 aromatic rings.